The number of carbonyl (C=O) groups is 5. The predicted octanol–water partition coefficient (Wildman–Crippen LogP) is 8.39. The first-order chi connectivity index (χ1) is 35.6. The van der Waals surface area contributed by atoms with Crippen molar-refractivity contribution in [1.82, 2.24) is 0 Å². The van der Waals surface area contributed by atoms with Gasteiger partial charge < -0.3 is 56.9 Å². The number of esters is 3. The van der Waals surface area contributed by atoms with Gasteiger partial charge in [-0.2, -0.15) is 0 Å². The van der Waals surface area contributed by atoms with Crippen LogP contribution < -0.4 is 0 Å². The molecule has 20 nitrogen and oxygen atoms in total. The van der Waals surface area contributed by atoms with E-state index in [4.69, 9.17) is 92.3 Å². The van der Waals surface area contributed by atoms with Crippen LogP contribution in [0.25, 0.3) is 21.6 Å². The number of nitrogens with one attached hydrogen (secondary N) is 1. The second-order valence-corrected chi connectivity index (χ2v) is 19.4. The molecule has 2 fully saturated rings. The van der Waals surface area contributed by atoms with Gasteiger partial charge in [-0.3, -0.25) is 15.0 Å². The molecule has 0 aromatic heterocycles. The highest BCUT2D eigenvalue weighted by Gasteiger charge is 2.58. The van der Waals surface area contributed by atoms with E-state index in [2.05, 4.69) is 10.0 Å². The van der Waals surface area contributed by atoms with Gasteiger partial charge in [0, 0.05) is 24.2 Å². The summed E-state index contributed by atoms with van der Waals surface area (Å²) in [7, 11) is 1.06. The number of fused-ring (bicyclic) bond motifs is 3. The van der Waals surface area contributed by atoms with Gasteiger partial charge in [-0.15, -0.1) is 0 Å². The SMILES string of the molecule is COC(=O)C1OC(OC2C(COC(=O)CCC(C)=O)OC(OC(=N)C(Cl)(Cl)Cl)C(N=[N+]=[N-])C2OCc2ccccc2)C(OC(C)=O)C(OCc2ccccc2)C1OC(=O)OCC1c2ccccc2-c2ccccc21. The summed E-state index contributed by atoms with van der Waals surface area (Å²) in [5.74, 6) is -4.48. The van der Waals surface area contributed by atoms with E-state index in [0.717, 1.165) is 36.3 Å². The summed E-state index contributed by atoms with van der Waals surface area (Å²) in [6, 6.07) is 31.2. The Labute approximate surface area is 439 Å². The molecular weight excluding hydrogens is 1030 g/mol. The van der Waals surface area contributed by atoms with Crippen molar-refractivity contribution in [2.45, 2.75) is 111 Å². The average Bonchev–Trinajstić information content (AvgIpc) is 3.71. The third-order valence-electron chi connectivity index (χ3n) is 12.0. The second kappa shape index (κ2) is 25.8. The van der Waals surface area contributed by atoms with Gasteiger partial charge in [0.1, 0.15) is 49.5 Å². The minimum Gasteiger partial charge on any atom is -0.467 e. The van der Waals surface area contributed by atoms with Crippen molar-refractivity contribution in [3.05, 3.63) is 142 Å². The van der Waals surface area contributed by atoms with Crippen LogP contribution in [0.15, 0.2) is 114 Å². The number of halogens is 3. The summed E-state index contributed by atoms with van der Waals surface area (Å²) >= 11 is 18.0. The molecule has 2 heterocycles. The Balaban J connectivity index is 1.27. The van der Waals surface area contributed by atoms with E-state index in [1.807, 2.05) is 48.5 Å². The molecule has 4 aromatic carbocycles. The smallest absolute Gasteiger partial charge is 0.467 e. The molecule has 1 aliphatic carbocycles. The summed E-state index contributed by atoms with van der Waals surface area (Å²) < 4.78 is 63.8. The Morgan fingerprint density at radius 2 is 1.26 bits per heavy atom. The Kier molecular flexibility index (Phi) is 19.3. The van der Waals surface area contributed by atoms with Crippen LogP contribution in [0.2, 0.25) is 0 Å². The van der Waals surface area contributed by atoms with Crippen molar-refractivity contribution in [1.29, 1.82) is 5.41 Å². The van der Waals surface area contributed by atoms with Crippen LogP contribution >= 0.6 is 34.8 Å². The molecule has 3 aliphatic rings. The molecule has 2 saturated heterocycles. The number of ketones is 1. The van der Waals surface area contributed by atoms with E-state index in [-0.39, 0.29) is 44.4 Å². The van der Waals surface area contributed by atoms with Gasteiger partial charge in [0.25, 0.3) is 3.79 Å². The molecule has 74 heavy (non-hydrogen) atoms. The molecule has 7 rings (SSSR count). The summed E-state index contributed by atoms with van der Waals surface area (Å²) in [5, 5.41) is 12.3. The summed E-state index contributed by atoms with van der Waals surface area (Å²) in [6.45, 7) is 1.09. The number of carbonyl (C=O) groups excluding carboxylic acids is 5. The first-order valence-electron chi connectivity index (χ1n) is 23.1. The predicted molar refractivity (Wildman–Crippen MR) is 263 cm³/mol. The maximum atomic E-state index is 14.0. The van der Waals surface area contributed by atoms with Gasteiger partial charge in [0.2, 0.25) is 12.2 Å². The lowest BCUT2D eigenvalue weighted by Crippen LogP contribution is -2.67. The molecule has 1 N–H and O–H groups in total. The van der Waals surface area contributed by atoms with Gasteiger partial charge in [-0.05, 0) is 45.8 Å². The maximum Gasteiger partial charge on any atom is 0.508 e. The zero-order chi connectivity index (χ0) is 52.9. The number of methoxy groups -OCH3 is 1. The molecule has 0 amide bonds. The summed E-state index contributed by atoms with van der Waals surface area (Å²) in [6.07, 6.45) is -17.2. The summed E-state index contributed by atoms with van der Waals surface area (Å²) in [4.78, 5) is 69.0. The Bertz CT molecular complexity index is 2630. The Morgan fingerprint density at radius 1 is 0.676 bits per heavy atom. The minimum absolute atomic E-state index is 0.156. The fourth-order valence-electron chi connectivity index (χ4n) is 8.65. The number of nitrogens with zero attached hydrogens (tertiary/aromatic N) is 3. The van der Waals surface area contributed by atoms with E-state index >= 15 is 0 Å². The molecule has 392 valence electrons. The molecule has 23 heteroatoms. The minimum atomic E-state index is -2.45. The number of hydrogen-bond acceptors (Lipinski definition) is 18. The first kappa shape index (κ1) is 55.4. The quantitative estimate of drug-likeness (QED) is 0.0127. The molecule has 2 aliphatic heterocycles. The fraction of sp³-hybridized carbons (Fsp3) is 0.412. The molecule has 0 radical (unpaired) electrons. The second-order valence-electron chi connectivity index (χ2n) is 17.1. The van der Waals surface area contributed by atoms with Crippen LogP contribution in [0.3, 0.4) is 0 Å². The van der Waals surface area contributed by atoms with Crippen LogP contribution in [0.5, 0.6) is 0 Å². The number of alkyl halides is 3. The van der Waals surface area contributed by atoms with Crippen molar-refractivity contribution in [3.63, 3.8) is 0 Å². The van der Waals surface area contributed by atoms with Crippen molar-refractivity contribution in [2.75, 3.05) is 20.3 Å². The molecule has 10 atom stereocenters. The van der Waals surface area contributed by atoms with E-state index in [1.165, 1.54) is 6.92 Å². The van der Waals surface area contributed by atoms with Crippen molar-refractivity contribution < 1.29 is 76.1 Å². The van der Waals surface area contributed by atoms with Crippen LogP contribution in [-0.2, 0) is 84.5 Å². The monoisotopic (exact) mass is 1080 g/mol. The third-order valence-corrected chi connectivity index (χ3v) is 12.6. The zero-order valence-corrected chi connectivity index (χ0v) is 42.3. The topological polar surface area (TPSA) is 259 Å². The highest BCUT2D eigenvalue weighted by Crippen LogP contribution is 2.45. The molecule has 4 aromatic rings. The summed E-state index contributed by atoms with van der Waals surface area (Å²) in [5.41, 5.74) is 14.9. The number of benzene rings is 4. The molecule has 10 unspecified atom stereocenters. The van der Waals surface area contributed by atoms with Crippen molar-refractivity contribution in [3.8, 4) is 11.1 Å². The van der Waals surface area contributed by atoms with Gasteiger partial charge in [-0.1, -0.05) is 149 Å². The van der Waals surface area contributed by atoms with Crippen molar-refractivity contribution >= 4 is 70.5 Å². The highest BCUT2D eigenvalue weighted by molar-refractivity contribution is 6.76. The van der Waals surface area contributed by atoms with E-state index in [1.54, 1.807) is 60.7 Å². The number of ether oxygens (including phenoxy) is 11. The zero-order valence-electron chi connectivity index (χ0n) is 40.0. The molecular formula is C51H51Cl3N4O16. The van der Waals surface area contributed by atoms with Crippen LogP contribution in [0.1, 0.15) is 54.9 Å². The van der Waals surface area contributed by atoms with Crippen LogP contribution in [-0.4, -0.2) is 121 Å². The molecule has 0 bridgehead atoms. The normalized spacial score (nSPS) is 24.2. The maximum absolute atomic E-state index is 14.0. The largest absolute Gasteiger partial charge is 0.508 e. The van der Waals surface area contributed by atoms with Gasteiger partial charge in [0.05, 0.1) is 26.7 Å². The van der Waals surface area contributed by atoms with E-state index in [0.29, 0.717) is 11.1 Å². The molecule has 0 spiro atoms. The standard InChI is InChI=1S/C51H51Cl3N4O16/c1-28(59)22-23-38(61)65-27-37-40(41(66-24-30-14-6-4-7-15-30)39(57-58-56)47(70-37)74-49(55)51(52,53)54)71-48-45(69-29(2)60)42(67-25-31-16-8-5-9-17-31)43(44(72-48)46(62)64-3)73-50(63)68-26-36-34-20-12-10-18-32(34)33-19-11-13-21-35(33)36/h4-21,36-37,39-45,47-48,55H,22-27H2,1-3H3. The van der Waals surface area contributed by atoms with Gasteiger partial charge in [-0.25, -0.2) is 9.59 Å². The number of azide groups is 1. The average molecular weight is 1080 g/mol. The number of hydrogen-bond donors (Lipinski definition) is 1. The van der Waals surface area contributed by atoms with Crippen LogP contribution in [0, 0.1) is 5.41 Å². The number of Topliss-reactive ketones (excluding diaryl/α,β-unsaturated/α-hetero) is 1. The van der Waals surface area contributed by atoms with Crippen LogP contribution in [0.4, 0.5) is 4.79 Å². The lowest BCUT2D eigenvalue weighted by Gasteiger charge is -2.48. The lowest BCUT2D eigenvalue weighted by molar-refractivity contribution is -0.346. The van der Waals surface area contributed by atoms with E-state index < -0.39 is 102 Å². The highest BCUT2D eigenvalue weighted by atomic mass is 35.6. The Hall–Kier alpha value is -6.32. The molecule has 0 saturated carbocycles. The van der Waals surface area contributed by atoms with E-state index in [9.17, 15) is 29.5 Å². The fourth-order valence-corrected chi connectivity index (χ4v) is 8.79. The van der Waals surface area contributed by atoms with Gasteiger partial charge >= 0.3 is 24.1 Å². The third kappa shape index (κ3) is 14.1. The van der Waals surface area contributed by atoms with Gasteiger partial charge in [0.15, 0.2) is 24.6 Å². The number of rotatable bonds is 20. The van der Waals surface area contributed by atoms with Crippen molar-refractivity contribution in [2.24, 2.45) is 5.11 Å². The lowest BCUT2D eigenvalue weighted by atomic mass is 9.95. The Morgan fingerprint density at radius 3 is 1.81 bits per heavy atom. The first-order valence-corrected chi connectivity index (χ1v) is 24.2.